The number of hydrogen-bond donors (Lipinski definition) is 5. The Hall–Kier alpha value is -0.120. The lowest BCUT2D eigenvalue weighted by Gasteiger charge is -2.39. The van der Waals surface area contributed by atoms with E-state index in [0.717, 1.165) is 17.5 Å². The lowest BCUT2D eigenvalue weighted by Crippen LogP contribution is -2.57. The molecule has 0 amide bonds. The van der Waals surface area contributed by atoms with Crippen molar-refractivity contribution in [1.29, 1.82) is 0 Å². The predicted octanol–water partition coefficient (Wildman–Crippen LogP) is -1.20. The molecular weight excluding hydrogens is 386 g/mol. The summed E-state index contributed by atoms with van der Waals surface area (Å²) in [6, 6.07) is 0. The average molecular weight is 407 g/mol. The van der Waals surface area contributed by atoms with Crippen LogP contribution in [0.5, 0.6) is 0 Å². The third-order valence-electron chi connectivity index (χ3n) is 3.07. The Morgan fingerprint density at radius 1 is 1.25 bits per heavy atom. The summed E-state index contributed by atoms with van der Waals surface area (Å²) in [5.41, 5.74) is -1.11. The van der Waals surface area contributed by atoms with Crippen molar-refractivity contribution in [3.8, 4) is 0 Å². The molecule has 1 heterocycles. The van der Waals surface area contributed by atoms with Gasteiger partial charge in [-0.25, -0.2) is 4.28 Å². The van der Waals surface area contributed by atoms with Crippen molar-refractivity contribution in [2.45, 2.75) is 42.7 Å². The molecule has 0 bridgehead atoms. The van der Waals surface area contributed by atoms with Crippen LogP contribution >= 0.6 is 23.5 Å². The van der Waals surface area contributed by atoms with Gasteiger partial charge < -0.3 is 25.2 Å². The normalized spacial score (nSPS) is 31.9. The molecule has 142 valence electrons. The van der Waals surface area contributed by atoms with Gasteiger partial charge in [0, 0.05) is 6.42 Å². The summed E-state index contributed by atoms with van der Waals surface area (Å²) in [6.07, 6.45) is -2.86. The standard InChI is InChI=1S/C11H21NO9S3/c1-22-4-2-3-7(12-21-24(17,18)19)23-11-10(16)9(15)8(14)6(5-13)20-11/h6,8-11,13-16H,2-5H2,1H3,(H,17,18,19)/b12-7+. The number of oxime groups is 1. The van der Waals surface area contributed by atoms with Crippen LogP contribution in [0.15, 0.2) is 5.16 Å². The highest BCUT2D eigenvalue weighted by molar-refractivity contribution is 8.14. The molecule has 1 aliphatic rings. The molecule has 0 aromatic heterocycles. The second-order valence-corrected chi connectivity index (χ2v) is 8.06. The third kappa shape index (κ3) is 7.01. The Balaban J connectivity index is 2.82. The van der Waals surface area contributed by atoms with E-state index in [1.54, 1.807) is 11.8 Å². The minimum absolute atomic E-state index is 0.103. The third-order valence-corrected chi connectivity index (χ3v) is 5.21. The van der Waals surface area contributed by atoms with Crippen LogP contribution in [0.25, 0.3) is 0 Å². The molecule has 10 nitrogen and oxygen atoms in total. The van der Waals surface area contributed by atoms with Gasteiger partial charge in [-0.05, 0) is 18.4 Å². The topological polar surface area (TPSA) is 166 Å². The van der Waals surface area contributed by atoms with Gasteiger partial charge in [-0.2, -0.15) is 20.2 Å². The first-order valence-electron chi connectivity index (χ1n) is 6.88. The van der Waals surface area contributed by atoms with Crippen LogP contribution in [0, 0.1) is 0 Å². The van der Waals surface area contributed by atoms with Gasteiger partial charge >= 0.3 is 10.4 Å². The van der Waals surface area contributed by atoms with E-state index in [-0.39, 0.29) is 11.5 Å². The molecule has 24 heavy (non-hydrogen) atoms. The molecule has 1 rings (SSSR count). The number of aliphatic hydroxyl groups excluding tert-OH is 4. The second kappa shape index (κ2) is 10.1. The molecule has 0 aromatic rings. The number of aliphatic hydroxyl groups is 4. The van der Waals surface area contributed by atoms with Gasteiger partial charge in [0.05, 0.1) is 6.61 Å². The second-order valence-electron chi connectivity index (χ2n) is 4.90. The Morgan fingerprint density at radius 3 is 2.46 bits per heavy atom. The zero-order valence-corrected chi connectivity index (χ0v) is 15.2. The van der Waals surface area contributed by atoms with Crippen LogP contribution in [0.2, 0.25) is 0 Å². The van der Waals surface area contributed by atoms with Gasteiger partial charge in [-0.3, -0.25) is 4.55 Å². The summed E-state index contributed by atoms with van der Waals surface area (Å²) in [6.45, 7) is -0.581. The van der Waals surface area contributed by atoms with Crippen molar-refractivity contribution in [1.82, 2.24) is 0 Å². The van der Waals surface area contributed by atoms with E-state index < -0.39 is 46.9 Å². The summed E-state index contributed by atoms with van der Waals surface area (Å²) < 4.78 is 39.2. The van der Waals surface area contributed by atoms with E-state index >= 15 is 0 Å². The zero-order valence-electron chi connectivity index (χ0n) is 12.8. The minimum Gasteiger partial charge on any atom is -0.394 e. The van der Waals surface area contributed by atoms with Gasteiger partial charge in [-0.15, -0.1) is 0 Å². The van der Waals surface area contributed by atoms with Crippen LogP contribution in [0.1, 0.15) is 12.8 Å². The number of hydrogen-bond acceptors (Lipinski definition) is 11. The van der Waals surface area contributed by atoms with Crippen molar-refractivity contribution in [2.75, 3.05) is 18.6 Å². The fourth-order valence-corrected chi connectivity index (χ4v) is 3.65. The smallest absolute Gasteiger partial charge is 0.394 e. The van der Waals surface area contributed by atoms with Crippen molar-refractivity contribution < 1.29 is 42.4 Å². The summed E-state index contributed by atoms with van der Waals surface area (Å²) in [5, 5.41) is 42.0. The zero-order chi connectivity index (χ0) is 18.3. The highest BCUT2D eigenvalue weighted by atomic mass is 32.3. The summed E-state index contributed by atoms with van der Waals surface area (Å²) in [4.78, 5) is 0. The summed E-state index contributed by atoms with van der Waals surface area (Å²) in [5.74, 6) is 0.750. The maximum Gasteiger partial charge on any atom is 0.466 e. The first kappa shape index (κ1) is 21.9. The van der Waals surface area contributed by atoms with Crippen LogP contribution in [-0.2, 0) is 19.4 Å². The van der Waals surface area contributed by atoms with E-state index in [1.165, 1.54) is 0 Å². The van der Waals surface area contributed by atoms with E-state index in [1.807, 2.05) is 6.26 Å². The van der Waals surface area contributed by atoms with Crippen molar-refractivity contribution in [3.05, 3.63) is 0 Å². The molecule has 0 aliphatic carbocycles. The number of thioether (sulfide) groups is 2. The van der Waals surface area contributed by atoms with Gasteiger partial charge in [-0.1, -0.05) is 16.9 Å². The van der Waals surface area contributed by atoms with Gasteiger partial charge in [0.25, 0.3) is 0 Å². The predicted molar refractivity (Wildman–Crippen MR) is 89.0 cm³/mol. The van der Waals surface area contributed by atoms with Gasteiger partial charge in [0.2, 0.25) is 0 Å². The van der Waals surface area contributed by atoms with Crippen molar-refractivity contribution in [2.24, 2.45) is 5.16 Å². The van der Waals surface area contributed by atoms with Crippen molar-refractivity contribution in [3.63, 3.8) is 0 Å². The quantitative estimate of drug-likeness (QED) is 0.108. The molecule has 5 unspecified atom stereocenters. The molecule has 1 saturated heterocycles. The molecule has 13 heteroatoms. The molecule has 5 atom stereocenters. The Labute approximate surface area is 148 Å². The molecule has 5 N–H and O–H groups in total. The molecule has 1 fully saturated rings. The minimum atomic E-state index is -4.78. The van der Waals surface area contributed by atoms with E-state index in [2.05, 4.69) is 9.44 Å². The molecule has 1 aliphatic heterocycles. The van der Waals surface area contributed by atoms with Crippen LogP contribution < -0.4 is 0 Å². The Bertz CT molecular complexity index is 513. The van der Waals surface area contributed by atoms with Crippen LogP contribution in [-0.4, -0.2) is 86.9 Å². The van der Waals surface area contributed by atoms with E-state index in [9.17, 15) is 23.7 Å². The van der Waals surface area contributed by atoms with Gasteiger partial charge in [0.15, 0.2) is 0 Å². The molecule has 0 aromatic carbocycles. The lowest BCUT2D eigenvalue weighted by atomic mass is 10.0. The highest BCUT2D eigenvalue weighted by Gasteiger charge is 2.44. The van der Waals surface area contributed by atoms with Crippen molar-refractivity contribution >= 4 is 39.0 Å². The maximum absolute atomic E-state index is 10.6. The largest absolute Gasteiger partial charge is 0.466 e. The monoisotopic (exact) mass is 407 g/mol. The fraction of sp³-hybridized carbons (Fsp3) is 0.909. The van der Waals surface area contributed by atoms with E-state index in [4.69, 9.17) is 14.4 Å². The molecule has 0 saturated carbocycles. The number of ether oxygens (including phenoxy) is 1. The Morgan fingerprint density at radius 2 is 1.92 bits per heavy atom. The van der Waals surface area contributed by atoms with Crippen LogP contribution in [0.3, 0.4) is 0 Å². The summed E-state index contributed by atoms with van der Waals surface area (Å²) >= 11 is 2.33. The fourth-order valence-electron chi connectivity index (χ4n) is 1.88. The summed E-state index contributed by atoms with van der Waals surface area (Å²) in [7, 11) is -4.78. The molecular formula is C11H21NO9S3. The maximum atomic E-state index is 10.6. The van der Waals surface area contributed by atoms with Crippen LogP contribution in [0.4, 0.5) is 0 Å². The number of nitrogens with zero attached hydrogens (tertiary/aromatic N) is 1. The van der Waals surface area contributed by atoms with E-state index in [0.29, 0.717) is 6.42 Å². The number of rotatable bonds is 8. The lowest BCUT2D eigenvalue weighted by molar-refractivity contribution is -0.205. The Kier molecular flexibility index (Phi) is 9.25. The first-order chi connectivity index (χ1) is 11.2. The molecule has 0 radical (unpaired) electrons. The SMILES string of the molecule is CSCCC/C(=N\OS(=O)(=O)O)SC1OC(CO)C(O)C(O)C1O. The van der Waals surface area contributed by atoms with Gasteiger partial charge in [0.1, 0.15) is 34.9 Å². The highest BCUT2D eigenvalue weighted by Crippen LogP contribution is 2.30. The average Bonchev–Trinajstić information content (AvgIpc) is 2.52. The first-order valence-corrected chi connectivity index (χ1v) is 10.5. The molecule has 0 spiro atoms.